The number of likely N-dealkylation sites (N-methyl/N-ethyl adjacent to an activating group) is 1. The third kappa shape index (κ3) is 4.65. The lowest BCUT2D eigenvalue weighted by Crippen LogP contribution is -2.44. The average Bonchev–Trinajstić information content (AvgIpc) is 2.85. The highest BCUT2D eigenvalue weighted by Crippen LogP contribution is 2.37. The summed E-state index contributed by atoms with van der Waals surface area (Å²) in [6.07, 6.45) is 0. The molecule has 1 fully saturated rings. The number of piperazine rings is 1. The van der Waals surface area contributed by atoms with Gasteiger partial charge >= 0.3 is 0 Å². The SMILES string of the molecule is COn1c(=O)ccc2c(-c3c(Cl)cccc3Cl)nc(Nc3ccc(N4CCN(C)CC4)cc3)nc21. The zero-order valence-electron chi connectivity index (χ0n) is 19.3. The van der Waals surface area contributed by atoms with Gasteiger partial charge < -0.3 is 20.0 Å². The first-order valence-corrected chi connectivity index (χ1v) is 11.9. The van der Waals surface area contributed by atoms with Crippen molar-refractivity contribution in [2.24, 2.45) is 0 Å². The van der Waals surface area contributed by atoms with Crippen LogP contribution in [0.4, 0.5) is 17.3 Å². The van der Waals surface area contributed by atoms with E-state index < -0.39 is 0 Å². The van der Waals surface area contributed by atoms with E-state index in [1.807, 2.05) is 12.1 Å². The molecule has 1 aliphatic heterocycles. The minimum absolute atomic E-state index is 0.284. The number of nitrogens with one attached hydrogen (secondary N) is 1. The zero-order chi connectivity index (χ0) is 24.5. The van der Waals surface area contributed by atoms with Crippen molar-refractivity contribution in [1.82, 2.24) is 19.6 Å². The fraction of sp³-hybridized carbons (Fsp3) is 0.240. The van der Waals surface area contributed by atoms with Gasteiger partial charge in [0.05, 0.1) is 15.7 Å². The summed E-state index contributed by atoms with van der Waals surface area (Å²) in [4.78, 5) is 31.7. The van der Waals surface area contributed by atoms with Crippen LogP contribution in [0, 0.1) is 0 Å². The van der Waals surface area contributed by atoms with E-state index in [1.165, 1.54) is 18.9 Å². The first-order valence-electron chi connectivity index (χ1n) is 11.2. The van der Waals surface area contributed by atoms with Crippen LogP contribution in [0.25, 0.3) is 22.3 Å². The van der Waals surface area contributed by atoms with Crippen molar-refractivity contribution in [3.8, 4) is 11.3 Å². The molecule has 0 atom stereocenters. The van der Waals surface area contributed by atoms with Crippen LogP contribution in [-0.4, -0.2) is 59.9 Å². The molecule has 0 unspecified atom stereocenters. The van der Waals surface area contributed by atoms with Crippen LogP contribution in [0.15, 0.2) is 59.4 Å². The summed E-state index contributed by atoms with van der Waals surface area (Å²) >= 11 is 13.0. The fourth-order valence-electron chi connectivity index (χ4n) is 4.19. The van der Waals surface area contributed by atoms with Crippen molar-refractivity contribution in [2.45, 2.75) is 0 Å². The van der Waals surface area contributed by atoms with E-state index in [4.69, 9.17) is 33.0 Å². The zero-order valence-corrected chi connectivity index (χ0v) is 20.8. The summed E-state index contributed by atoms with van der Waals surface area (Å²) in [6.45, 7) is 4.07. The second-order valence-corrected chi connectivity index (χ2v) is 9.15. The summed E-state index contributed by atoms with van der Waals surface area (Å²) in [5.41, 5.74) is 2.97. The molecule has 10 heteroatoms. The Morgan fingerprint density at radius 2 is 1.60 bits per heavy atom. The minimum Gasteiger partial charge on any atom is -0.412 e. The lowest BCUT2D eigenvalue weighted by atomic mass is 10.1. The van der Waals surface area contributed by atoms with E-state index in [2.05, 4.69) is 39.3 Å². The van der Waals surface area contributed by atoms with Gasteiger partial charge in [0.2, 0.25) is 5.95 Å². The Balaban J connectivity index is 1.56. The molecule has 0 amide bonds. The maximum Gasteiger partial charge on any atom is 0.285 e. The molecular weight excluding hydrogens is 487 g/mol. The molecule has 0 radical (unpaired) electrons. The Bertz CT molecular complexity index is 1410. The Kier molecular flexibility index (Phi) is 6.51. The lowest BCUT2D eigenvalue weighted by molar-refractivity contribution is 0.167. The number of halogens is 2. The van der Waals surface area contributed by atoms with Crippen LogP contribution in [0.3, 0.4) is 0 Å². The number of benzene rings is 2. The van der Waals surface area contributed by atoms with E-state index >= 15 is 0 Å². The van der Waals surface area contributed by atoms with E-state index in [9.17, 15) is 4.79 Å². The first-order chi connectivity index (χ1) is 16.9. The van der Waals surface area contributed by atoms with Crippen LogP contribution < -0.4 is 20.6 Å². The second-order valence-electron chi connectivity index (χ2n) is 8.34. The van der Waals surface area contributed by atoms with Gasteiger partial charge in [0.1, 0.15) is 7.11 Å². The molecule has 0 bridgehead atoms. The number of nitrogens with zero attached hydrogens (tertiary/aromatic N) is 5. The Hall–Kier alpha value is -3.33. The Labute approximate surface area is 212 Å². The predicted molar refractivity (Wildman–Crippen MR) is 141 cm³/mol. The number of fused-ring (bicyclic) bond motifs is 1. The number of aromatic nitrogens is 3. The quantitative estimate of drug-likeness (QED) is 0.428. The molecule has 1 saturated heterocycles. The normalized spacial score (nSPS) is 14.3. The summed E-state index contributed by atoms with van der Waals surface area (Å²) < 4.78 is 1.12. The topological polar surface area (TPSA) is 75.5 Å². The predicted octanol–water partition coefficient (Wildman–Crippen LogP) is 4.32. The number of hydrogen-bond acceptors (Lipinski definition) is 7. The molecule has 35 heavy (non-hydrogen) atoms. The van der Waals surface area contributed by atoms with Crippen molar-refractivity contribution in [3.05, 3.63) is 75.0 Å². The third-order valence-electron chi connectivity index (χ3n) is 6.08. The average molecular weight is 511 g/mol. The van der Waals surface area contributed by atoms with E-state index in [0.717, 1.165) is 36.6 Å². The molecule has 4 aromatic rings. The van der Waals surface area contributed by atoms with Gasteiger partial charge in [-0.25, -0.2) is 4.98 Å². The maximum absolute atomic E-state index is 12.4. The Morgan fingerprint density at radius 1 is 0.914 bits per heavy atom. The van der Waals surface area contributed by atoms with Gasteiger partial charge in [0, 0.05) is 54.6 Å². The van der Waals surface area contributed by atoms with Crippen molar-refractivity contribution in [2.75, 3.05) is 50.6 Å². The molecule has 180 valence electrons. The standard InChI is InChI=1S/C25H24Cl2N6O2/c1-31-12-14-32(15-13-31)17-8-6-16(7-9-17)28-25-29-23(22-19(26)4-3-5-20(22)27)18-10-11-21(34)33(35-2)24(18)30-25/h3-11H,12-15H2,1-2H3,(H,28,29,30). The summed E-state index contributed by atoms with van der Waals surface area (Å²) in [6, 6.07) is 16.4. The molecule has 2 aromatic carbocycles. The van der Waals surface area contributed by atoms with Crippen molar-refractivity contribution in [3.63, 3.8) is 0 Å². The highest BCUT2D eigenvalue weighted by Gasteiger charge is 2.19. The largest absolute Gasteiger partial charge is 0.412 e. The number of rotatable bonds is 5. The molecule has 1 aliphatic rings. The van der Waals surface area contributed by atoms with Crippen LogP contribution in [0.2, 0.25) is 10.0 Å². The van der Waals surface area contributed by atoms with Gasteiger partial charge in [-0.3, -0.25) is 4.79 Å². The molecule has 2 aromatic heterocycles. The number of anilines is 3. The molecule has 8 nitrogen and oxygen atoms in total. The summed E-state index contributed by atoms with van der Waals surface area (Å²) in [7, 11) is 3.55. The van der Waals surface area contributed by atoms with Gasteiger partial charge in [-0.1, -0.05) is 29.3 Å². The van der Waals surface area contributed by atoms with Gasteiger partial charge in [0.25, 0.3) is 5.56 Å². The molecule has 5 rings (SSSR count). The highest BCUT2D eigenvalue weighted by atomic mass is 35.5. The van der Waals surface area contributed by atoms with Crippen LogP contribution in [-0.2, 0) is 0 Å². The van der Waals surface area contributed by atoms with Crippen LogP contribution >= 0.6 is 23.2 Å². The summed E-state index contributed by atoms with van der Waals surface area (Å²) in [5, 5.41) is 4.71. The minimum atomic E-state index is -0.350. The smallest absolute Gasteiger partial charge is 0.285 e. The number of hydrogen-bond donors (Lipinski definition) is 1. The molecule has 1 N–H and O–H groups in total. The molecule has 0 aliphatic carbocycles. The monoisotopic (exact) mass is 510 g/mol. The van der Waals surface area contributed by atoms with Gasteiger partial charge in [-0.2, -0.15) is 4.98 Å². The van der Waals surface area contributed by atoms with Crippen molar-refractivity contribution in [1.29, 1.82) is 0 Å². The van der Waals surface area contributed by atoms with Crippen molar-refractivity contribution >= 4 is 51.6 Å². The fourth-order valence-corrected chi connectivity index (χ4v) is 4.77. The van der Waals surface area contributed by atoms with Gasteiger partial charge in [-0.15, -0.1) is 4.73 Å². The van der Waals surface area contributed by atoms with Gasteiger partial charge in [-0.05, 0) is 49.5 Å². The first kappa shape index (κ1) is 23.4. The summed E-state index contributed by atoms with van der Waals surface area (Å²) in [5.74, 6) is 0.284. The second kappa shape index (κ2) is 9.73. The molecule has 3 heterocycles. The van der Waals surface area contributed by atoms with E-state index in [-0.39, 0.29) is 11.5 Å². The molecule has 0 saturated carbocycles. The lowest BCUT2D eigenvalue weighted by Gasteiger charge is -2.34. The van der Waals surface area contributed by atoms with Crippen molar-refractivity contribution < 1.29 is 4.84 Å². The van der Waals surface area contributed by atoms with Gasteiger partial charge in [0.15, 0.2) is 5.65 Å². The van der Waals surface area contributed by atoms with E-state index in [1.54, 1.807) is 24.3 Å². The highest BCUT2D eigenvalue weighted by molar-refractivity contribution is 6.39. The van der Waals surface area contributed by atoms with E-state index in [0.29, 0.717) is 32.3 Å². The van der Waals surface area contributed by atoms with Crippen LogP contribution in [0.5, 0.6) is 0 Å². The number of pyridine rings is 1. The third-order valence-corrected chi connectivity index (χ3v) is 6.71. The molecule has 0 spiro atoms. The maximum atomic E-state index is 12.4. The Morgan fingerprint density at radius 3 is 2.26 bits per heavy atom. The van der Waals surface area contributed by atoms with Crippen LogP contribution in [0.1, 0.15) is 0 Å². The molecular formula is C25H24Cl2N6O2.